The predicted molar refractivity (Wildman–Crippen MR) is 94.2 cm³/mol. The summed E-state index contributed by atoms with van der Waals surface area (Å²) in [5.41, 5.74) is 0.0169. The van der Waals surface area contributed by atoms with Crippen molar-refractivity contribution in [3.05, 3.63) is 44.5 Å². The number of hydrogen-bond acceptors (Lipinski definition) is 7. The van der Waals surface area contributed by atoms with E-state index < -0.39 is 4.92 Å². The molecule has 0 aliphatic carbocycles. The second-order valence-corrected chi connectivity index (χ2v) is 7.58. The first-order chi connectivity index (χ1) is 11.5. The summed E-state index contributed by atoms with van der Waals surface area (Å²) in [6.07, 6.45) is 4.29. The molecule has 0 amide bonds. The zero-order valence-corrected chi connectivity index (χ0v) is 14.6. The number of aromatic nitrogens is 2. The van der Waals surface area contributed by atoms with Crippen LogP contribution >= 0.6 is 11.3 Å². The molecule has 0 spiro atoms. The van der Waals surface area contributed by atoms with Gasteiger partial charge in [0.25, 0.3) is 5.69 Å². The van der Waals surface area contributed by atoms with Crippen LogP contribution in [0.15, 0.2) is 24.5 Å². The zero-order valence-electron chi connectivity index (χ0n) is 13.8. The molecule has 0 saturated carbocycles. The average Bonchev–Trinajstić information content (AvgIpc) is 2.95. The minimum atomic E-state index is -0.432. The molecule has 0 bridgehead atoms. The Bertz CT molecular complexity index is 703. The molecule has 0 unspecified atom stereocenters. The first-order valence-corrected chi connectivity index (χ1v) is 8.83. The van der Waals surface area contributed by atoms with Crippen molar-refractivity contribution in [1.29, 1.82) is 0 Å². The lowest BCUT2D eigenvalue weighted by Crippen LogP contribution is -2.44. The molecule has 1 aliphatic rings. The van der Waals surface area contributed by atoms with Gasteiger partial charge in [0.1, 0.15) is 12.0 Å². The molecule has 24 heavy (non-hydrogen) atoms. The van der Waals surface area contributed by atoms with Gasteiger partial charge in [0, 0.05) is 42.8 Å². The molecule has 128 valence electrons. The average molecular weight is 347 g/mol. The highest BCUT2D eigenvalue weighted by Gasteiger charge is 2.26. The summed E-state index contributed by atoms with van der Waals surface area (Å²) in [5, 5.41) is 15.2. The van der Waals surface area contributed by atoms with Gasteiger partial charge in [-0.2, -0.15) is 0 Å². The second-order valence-electron chi connectivity index (χ2n) is 6.26. The molecule has 2 atom stereocenters. The Morgan fingerprint density at radius 3 is 2.83 bits per heavy atom. The molecule has 7 nitrogen and oxygen atoms in total. The summed E-state index contributed by atoms with van der Waals surface area (Å²) < 4.78 is 0. The number of anilines is 1. The summed E-state index contributed by atoms with van der Waals surface area (Å²) in [6.45, 7) is 7.25. The number of hydrogen-bond donors (Lipinski definition) is 1. The van der Waals surface area contributed by atoms with Crippen molar-refractivity contribution in [2.75, 3.05) is 18.4 Å². The molecule has 1 N–H and O–H groups in total. The number of thiazole rings is 1. The molecule has 2 aromatic rings. The predicted octanol–water partition coefficient (Wildman–Crippen LogP) is 3.08. The molecule has 2 aromatic heterocycles. The topological polar surface area (TPSA) is 84.2 Å². The van der Waals surface area contributed by atoms with E-state index in [1.807, 2.05) is 13.1 Å². The van der Waals surface area contributed by atoms with E-state index in [4.69, 9.17) is 0 Å². The van der Waals surface area contributed by atoms with Gasteiger partial charge >= 0.3 is 0 Å². The van der Waals surface area contributed by atoms with Gasteiger partial charge in [-0.25, -0.2) is 9.97 Å². The van der Waals surface area contributed by atoms with Crippen molar-refractivity contribution in [3.8, 4) is 0 Å². The third-order valence-electron chi connectivity index (χ3n) is 4.33. The summed E-state index contributed by atoms with van der Waals surface area (Å²) >= 11 is 1.76. The number of aryl methyl sites for hydroxylation is 1. The van der Waals surface area contributed by atoms with Crippen LogP contribution in [0, 0.1) is 23.0 Å². The van der Waals surface area contributed by atoms with Crippen molar-refractivity contribution in [3.63, 3.8) is 0 Å². The van der Waals surface area contributed by atoms with Crippen molar-refractivity contribution < 1.29 is 4.92 Å². The Hall–Kier alpha value is -2.06. The molecular weight excluding hydrogens is 326 g/mol. The Balaban J connectivity index is 1.54. The minimum absolute atomic E-state index is 0.0169. The Morgan fingerprint density at radius 1 is 1.42 bits per heavy atom. The van der Waals surface area contributed by atoms with Crippen molar-refractivity contribution in [2.45, 2.75) is 32.9 Å². The maximum absolute atomic E-state index is 10.7. The van der Waals surface area contributed by atoms with E-state index >= 15 is 0 Å². The van der Waals surface area contributed by atoms with Crippen LogP contribution in [0.1, 0.15) is 23.2 Å². The van der Waals surface area contributed by atoms with Crippen LogP contribution < -0.4 is 5.32 Å². The van der Waals surface area contributed by atoms with Gasteiger partial charge in [0.15, 0.2) is 0 Å². The Kier molecular flexibility index (Phi) is 5.06. The van der Waals surface area contributed by atoms with E-state index in [0.717, 1.165) is 31.1 Å². The molecule has 0 aromatic carbocycles. The molecule has 8 heteroatoms. The van der Waals surface area contributed by atoms with Crippen LogP contribution in [0.2, 0.25) is 0 Å². The fraction of sp³-hybridized carbons (Fsp3) is 0.500. The van der Waals surface area contributed by atoms with Crippen LogP contribution in [0.25, 0.3) is 0 Å². The molecule has 3 heterocycles. The quantitative estimate of drug-likeness (QED) is 0.661. The fourth-order valence-corrected chi connectivity index (χ4v) is 3.90. The normalized spacial score (nSPS) is 21.6. The second kappa shape index (κ2) is 7.23. The summed E-state index contributed by atoms with van der Waals surface area (Å²) in [5.74, 6) is 1.17. The molecule has 1 fully saturated rings. The van der Waals surface area contributed by atoms with Gasteiger partial charge in [-0.05, 0) is 25.3 Å². The Morgan fingerprint density at radius 2 is 2.25 bits per heavy atom. The molecule has 0 radical (unpaired) electrons. The number of nitro groups is 1. The fourth-order valence-electron chi connectivity index (χ4n) is 3.06. The summed E-state index contributed by atoms with van der Waals surface area (Å²) in [7, 11) is 0. The lowest BCUT2D eigenvalue weighted by Gasteiger charge is -2.37. The number of rotatable bonds is 5. The van der Waals surface area contributed by atoms with E-state index in [-0.39, 0.29) is 5.69 Å². The van der Waals surface area contributed by atoms with E-state index in [1.54, 1.807) is 17.4 Å². The van der Waals surface area contributed by atoms with Crippen LogP contribution in [-0.2, 0) is 6.54 Å². The monoisotopic (exact) mass is 347 g/mol. The standard InChI is InChI=1S/C16H21N5O2S/c1-11-9-20(10-14-8-17-12(2)24-14)6-5-15(11)19-16-4-3-13(7-18-16)21(22)23/h3-4,7-8,11,15H,5-6,9-10H2,1-2H3,(H,18,19)/t11-,15+/m0/s1. The van der Waals surface area contributed by atoms with Crippen molar-refractivity contribution >= 4 is 22.8 Å². The van der Waals surface area contributed by atoms with Crippen LogP contribution in [-0.4, -0.2) is 38.9 Å². The van der Waals surface area contributed by atoms with Gasteiger partial charge < -0.3 is 5.32 Å². The number of piperidine rings is 1. The smallest absolute Gasteiger partial charge is 0.287 e. The first kappa shape index (κ1) is 16.8. The molecule has 1 saturated heterocycles. The van der Waals surface area contributed by atoms with Crippen LogP contribution in [0.3, 0.4) is 0 Å². The van der Waals surface area contributed by atoms with E-state index in [2.05, 4.69) is 27.1 Å². The largest absolute Gasteiger partial charge is 0.367 e. The van der Waals surface area contributed by atoms with Gasteiger partial charge in [0.05, 0.1) is 9.93 Å². The molecular formula is C16H21N5O2S. The maximum atomic E-state index is 10.7. The van der Waals surface area contributed by atoms with Crippen LogP contribution in [0.4, 0.5) is 11.5 Å². The van der Waals surface area contributed by atoms with Crippen LogP contribution in [0.5, 0.6) is 0 Å². The van der Waals surface area contributed by atoms with Gasteiger partial charge in [-0.15, -0.1) is 11.3 Å². The minimum Gasteiger partial charge on any atom is -0.367 e. The lowest BCUT2D eigenvalue weighted by molar-refractivity contribution is -0.385. The highest BCUT2D eigenvalue weighted by Crippen LogP contribution is 2.24. The molecule has 3 rings (SSSR count). The molecule has 1 aliphatic heterocycles. The number of nitrogens with one attached hydrogen (secondary N) is 1. The van der Waals surface area contributed by atoms with E-state index in [1.165, 1.54) is 17.1 Å². The summed E-state index contributed by atoms with van der Waals surface area (Å²) in [6, 6.07) is 3.50. The Labute approximate surface area is 144 Å². The third-order valence-corrected chi connectivity index (χ3v) is 5.23. The number of likely N-dealkylation sites (tertiary alicyclic amines) is 1. The summed E-state index contributed by atoms with van der Waals surface area (Å²) in [4.78, 5) is 22.5. The van der Waals surface area contributed by atoms with E-state index in [9.17, 15) is 10.1 Å². The first-order valence-electron chi connectivity index (χ1n) is 8.02. The third kappa shape index (κ3) is 4.07. The highest BCUT2D eigenvalue weighted by molar-refractivity contribution is 7.11. The van der Waals surface area contributed by atoms with Gasteiger partial charge in [-0.3, -0.25) is 15.0 Å². The lowest BCUT2D eigenvalue weighted by atomic mass is 9.94. The van der Waals surface area contributed by atoms with Crippen molar-refractivity contribution in [2.24, 2.45) is 5.92 Å². The van der Waals surface area contributed by atoms with E-state index in [0.29, 0.717) is 17.8 Å². The van der Waals surface area contributed by atoms with Gasteiger partial charge in [0.2, 0.25) is 0 Å². The number of pyridine rings is 1. The number of nitrogens with zero attached hydrogens (tertiary/aromatic N) is 4. The zero-order chi connectivity index (χ0) is 17.1. The maximum Gasteiger partial charge on any atom is 0.287 e. The SMILES string of the molecule is Cc1ncc(CN2CC[C@@H](Nc3ccc([N+](=O)[O-])cn3)[C@@H](C)C2)s1. The highest BCUT2D eigenvalue weighted by atomic mass is 32.1. The van der Waals surface area contributed by atoms with Gasteiger partial charge in [-0.1, -0.05) is 6.92 Å². The van der Waals surface area contributed by atoms with Crippen molar-refractivity contribution in [1.82, 2.24) is 14.9 Å².